The van der Waals surface area contributed by atoms with Crippen molar-refractivity contribution in [1.29, 1.82) is 0 Å². The minimum atomic E-state index is 0.338. The van der Waals surface area contributed by atoms with Crippen LogP contribution >= 0.6 is 0 Å². The zero-order valence-electron chi connectivity index (χ0n) is 12.8. The maximum absolute atomic E-state index is 9.31. The lowest BCUT2D eigenvalue weighted by molar-refractivity contribution is 0.474. The Morgan fingerprint density at radius 1 is 1.00 bits per heavy atom. The number of nitrogens with one attached hydrogen (secondary N) is 1. The van der Waals surface area contributed by atoms with Gasteiger partial charge in [-0.25, -0.2) is 0 Å². The molecule has 0 aliphatic carbocycles. The third-order valence-corrected chi connectivity index (χ3v) is 3.74. The molecule has 0 saturated heterocycles. The normalized spacial score (nSPS) is 12.2. The Bertz CT molecular complexity index is 507. The number of phenolic OH excluding ortho intramolecular Hbond substituents is 1. The number of hydrogen-bond acceptors (Lipinski definition) is 2. The number of benzene rings is 2. The average molecular weight is 283 g/mol. The van der Waals surface area contributed by atoms with Gasteiger partial charge in [-0.15, -0.1) is 0 Å². The summed E-state index contributed by atoms with van der Waals surface area (Å²) in [6, 6.07) is 18.7. The van der Waals surface area contributed by atoms with E-state index in [1.54, 1.807) is 12.1 Å². The van der Waals surface area contributed by atoms with E-state index in [4.69, 9.17) is 0 Å². The molecule has 2 rings (SSSR count). The molecule has 0 aliphatic rings. The second-order valence-electron chi connectivity index (χ2n) is 5.48. The summed E-state index contributed by atoms with van der Waals surface area (Å²) in [4.78, 5) is 0. The van der Waals surface area contributed by atoms with E-state index in [1.165, 1.54) is 11.1 Å². The summed E-state index contributed by atoms with van der Waals surface area (Å²) in [5.41, 5.74) is 2.66. The average Bonchev–Trinajstić information content (AvgIpc) is 2.53. The second kappa shape index (κ2) is 8.48. The summed E-state index contributed by atoms with van der Waals surface area (Å²) in [7, 11) is 0. The van der Waals surface area contributed by atoms with Crippen molar-refractivity contribution >= 4 is 0 Å². The summed E-state index contributed by atoms with van der Waals surface area (Å²) < 4.78 is 0. The van der Waals surface area contributed by atoms with E-state index in [9.17, 15) is 5.11 Å². The molecule has 2 nitrogen and oxygen atoms in total. The van der Waals surface area contributed by atoms with E-state index in [2.05, 4.69) is 42.6 Å². The number of rotatable bonds is 8. The molecule has 0 aliphatic heterocycles. The molecule has 2 heteroatoms. The van der Waals surface area contributed by atoms with Gasteiger partial charge in [0, 0.05) is 6.04 Å². The molecule has 0 amide bonds. The van der Waals surface area contributed by atoms with Crippen LogP contribution in [0.1, 0.15) is 43.4 Å². The van der Waals surface area contributed by atoms with E-state index < -0.39 is 0 Å². The van der Waals surface area contributed by atoms with Gasteiger partial charge in [0.2, 0.25) is 0 Å². The van der Waals surface area contributed by atoms with E-state index >= 15 is 0 Å². The van der Waals surface area contributed by atoms with Gasteiger partial charge in [-0.3, -0.25) is 0 Å². The Hall–Kier alpha value is -1.80. The third kappa shape index (κ3) is 5.24. The Morgan fingerprint density at radius 2 is 1.71 bits per heavy atom. The molecule has 0 spiro atoms. The summed E-state index contributed by atoms with van der Waals surface area (Å²) >= 11 is 0. The molecule has 0 fully saturated rings. The van der Waals surface area contributed by atoms with E-state index in [-0.39, 0.29) is 0 Å². The first kappa shape index (κ1) is 15.6. The van der Waals surface area contributed by atoms with Crippen molar-refractivity contribution in [2.75, 3.05) is 6.54 Å². The predicted octanol–water partition coefficient (Wildman–Crippen LogP) is 4.46. The molecule has 0 bridgehead atoms. The fourth-order valence-corrected chi connectivity index (χ4v) is 2.56. The lowest BCUT2D eigenvalue weighted by atomic mass is 9.99. The third-order valence-electron chi connectivity index (χ3n) is 3.74. The standard InChI is InChI=1S/C19H25NO/c1-2-15-20-19(17-8-4-3-5-9-17)10-6-7-16-11-13-18(21)14-12-16/h3-5,8-9,11-14,19-21H,2,6-7,10,15H2,1H3. The van der Waals surface area contributed by atoms with Gasteiger partial charge in [0.1, 0.15) is 5.75 Å². The molecule has 2 aromatic rings. The smallest absolute Gasteiger partial charge is 0.115 e. The molecule has 2 aromatic carbocycles. The molecule has 2 N–H and O–H groups in total. The van der Waals surface area contributed by atoms with Crippen molar-refractivity contribution in [2.24, 2.45) is 0 Å². The molecule has 0 heterocycles. The minimum absolute atomic E-state index is 0.338. The zero-order valence-corrected chi connectivity index (χ0v) is 12.8. The van der Waals surface area contributed by atoms with Crippen LogP contribution in [0.15, 0.2) is 54.6 Å². The van der Waals surface area contributed by atoms with Gasteiger partial charge < -0.3 is 10.4 Å². The van der Waals surface area contributed by atoms with Gasteiger partial charge in [-0.2, -0.15) is 0 Å². The van der Waals surface area contributed by atoms with Crippen molar-refractivity contribution < 1.29 is 5.11 Å². The van der Waals surface area contributed by atoms with Crippen molar-refractivity contribution in [3.8, 4) is 5.75 Å². The van der Waals surface area contributed by atoms with E-state index in [1.807, 2.05) is 12.1 Å². The summed E-state index contributed by atoms with van der Waals surface area (Å²) in [5.74, 6) is 0.338. The molecule has 21 heavy (non-hydrogen) atoms. The van der Waals surface area contributed by atoms with Crippen LogP contribution in [0.4, 0.5) is 0 Å². The van der Waals surface area contributed by atoms with Crippen LogP contribution in [0.5, 0.6) is 5.75 Å². The van der Waals surface area contributed by atoms with Crippen LogP contribution < -0.4 is 5.32 Å². The van der Waals surface area contributed by atoms with Crippen LogP contribution in [-0.4, -0.2) is 11.7 Å². The van der Waals surface area contributed by atoms with Crippen LogP contribution in [0, 0.1) is 0 Å². The largest absolute Gasteiger partial charge is 0.508 e. The Balaban J connectivity index is 1.88. The second-order valence-corrected chi connectivity index (χ2v) is 5.48. The molecule has 1 atom stereocenters. The van der Waals surface area contributed by atoms with Gasteiger partial charge in [-0.1, -0.05) is 49.4 Å². The summed E-state index contributed by atoms with van der Waals surface area (Å²) in [6.07, 6.45) is 4.48. The highest BCUT2D eigenvalue weighted by Gasteiger charge is 2.09. The lowest BCUT2D eigenvalue weighted by Gasteiger charge is -2.19. The topological polar surface area (TPSA) is 32.3 Å². The highest BCUT2D eigenvalue weighted by molar-refractivity contribution is 5.26. The molecule has 0 aromatic heterocycles. The molecular weight excluding hydrogens is 258 g/mol. The maximum atomic E-state index is 9.31. The summed E-state index contributed by atoms with van der Waals surface area (Å²) in [5, 5.41) is 12.9. The van der Waals surface area contributed by atoms with E-state index in [0.29, 0.717) is 11.8 Å². The van der Waals surface area contributed by atoms with Crippen molar-refractivity contribution in [3.05, 3.63) is 65.7 Å². The minimum Gasteiger partial charge on any atom is -0.508 e. The highest BCUT2D eigenvalue weighted by Crippen LogP contribution is 2.20. The zero-order chi connectivity index (χ0) is 14.9. The Labute approximate surface area is 127 Å². The van der Waals surface area contributed by atoms with Crippen molar-refractivity contribution in [2.45, 2.75) is 38.6 Å². The molecule has 0 radical (unpaired) electrons. The van der Waals surface area contributed by atoms with Gasteiger partial charge in [0.15, 0.2) is 0 Å². The van der Waals surface area contributed by atoms with E-state index in [0.717, 1.165) is 32.2 Å². The van der Waals surface area contributed by atoms with Crippen LogP contribution in [0.3, 0.4) is 0 Å². The molecule has 0 saturated carbocycles. The first-order chi connectivity index (χ1) is 10.3. The summed E-state index contributed by atoms with van der Waals surface area (Å²) in [6.45, 7) is 3.25. The van der Waals surface area contributed by atoms with Crippen LogP contribution in [0.2, 0.25) is 0 Å². The van der Waals surface area contributed by atoms with Gasteiger partial charge >= 0.3 is 0 Å². The van der Waals surface area contributed by atoms with Gasteiger partial charge in [0.25, 0.3) is 0 Å². The molecule has 112 valence electrons. The van der Waals surface area contributed by atoms with Gasteiger partial charge in [-0.05, 0) is 55.5 Å². The molecule has 1 unspecified atom stereocenters. The highest BCUT2D eigenvalue weighted by atomic mass is 16.3. The van der Waals surface area contributed by atoms with Crippen LogP contribution in [-0.2, 0) is 6.42 Å². The Kier molecular flexibility index (Phi) is 6.29. The number of aromatic hydroxyl groups is 1. The van der Waals surface area contributed by atoms with Gasteiger partial charge in [0.05, 0.1) is 0 Å². The van der Waals surface area contributed by atoms with Crippen molar-refractivity contribution in [1.82, 2.24) is 5.32 Å². The first-order valence-corrected chi connectivity index (χ1v) is 7.86. The fourth-order valence-electron chi connectivity index (χ4n) is 2.56. The fraction of sp³-hybridized carbons (Fsp3) is 0.368. The molecular formula is C19H25NO. The number of hydrogen-bond donors (Lipinski definition) is 2. The van der Waals surface area contributed by atoms with Crippen LogP contribution in [0.25, 0.3) is 0 Å². The number of phenols is 1. The van der Waals surface area contributed by atoms with Crippen molar-refractivity contribution in [3.63, 3.8) is 0 Å². The Morgan fingerprint density at radius 3 is 2.38 bits per heavy atom. The monoisotopic (exact) mass is 283 g/mol. The maximum Gasteiger partial charge on any atom is 0.115 e. The SMILES string of the molecule is CCCNC(CCCc1ccc(O)cc1)c1ccccc1. The quantitative estimate of drug-likeness (QED) is 0.750. The lowest BCUT2D eigenvalue weighted by Crippen LogP contribution is -2.22. The predicted molar refractivity (Wildman–Crippen MR) is 88.5 cm³/mol. The first-order valence-electron chi connectivity index (χ1n) is 7.86. The number of aryl methyl sites for hydroxylation is 1.